The quantitative estimate of drug-likeness (QED) is 0.113. The number of para-hydroxylation sites is 6. The van der Waals surface area contributed by atoms with Crippen LogP contribution in [0.2, 0.25) is 0 Å². The van der Waals surface area contributed by atoms with E-state index in [9.17, 15) is 0 Å². The maximum absolute atomic E-state index is 6.72. The van der Waals surface area contributed by atoms with Crippen molar-refractivity contribution >= 4 is 94.4 Å². The minimum atomic E-state index is -2.91. The van der Waals surface area contributed by atoms with Crippen LogP contribution in [0.25, 0.3) is 100.0 Å². The summed E-state index contributed by atoms with van der Waals surface area (Å²) in [6.07, 6.45) is 0. The smallest absolute Gasteiger partial charge is 0.240 e. The molecule has 10 aromatic carbocycles. The van der Waals surface area contributed by atoms with Gasteiger partial charge < -0.3 is 4.42 Å². The third-order valence-electron chi connectivity index (χ3n) is 14.2. The van der Waals surface area contributed by atoms with Crippen molar-refractivity contribution < 1.29 is 4.42 Å². The molecule has 328 valence electrons. The zero-order valence-corrected chi connectivity index (χ0v) is 38.8. The van der Waals surface area contributed by atoms with E-state index >= 15 is 0 Å². The van der Waals surface area contributed by atoms with Crippen LogP contribution in [0.1, 0.15) is 0 Å². The van der Waals surface area contributed by atoms with Gasteiger partial charge >= 0.3 is 0 Å². The van der Waals surface area contributed by atoms with E-state index in [0.717, 1.165) is 82.2 Å². The Morgan fingerprint density at radius 3 is 1.39 bits per heavy atom. The lowest BCUT2D eigenvalue weighted by Gasteiger charge is -2.34. The Labute approximate surface area is 404 Å². The van der Waals surface area contributed by atoms with Crippen molar-refractivity contribution in [3.05, 3.63) is 249 Å². The SMILES string of the molecule is c1ccc([Si](c2ccccc2)(c2ccccc2)c2cccc(-c3nc(-n4c5ccccc5c5ccccc54)nc(-n4c5ccccc5c5cccc(-c6cccc7c6oc6ccccc67)c54)n3)c2)cc1. The normalized spacial score (nSPS) is 12.0. The van der Waals surface area contributed by atoms with Crippen LogP contribution < -0.4 is 20.7 Å². The first-order valence-electron chi connectivity index (χ1n) is 23.7. The van der Waals surface area contributed by atoms with Crippen molar-refractivity contribution in [2.75, 3.05) is 0 Å². The fourth-order valence-corrected chi connectivity index (χ4v) is 16.0. The fourth-order valence-electron chi connectivity index (χ4n) is 11.2. The largest absolute Gasteiger partial charge is 0.455 e. The predicted octanol–water partition coefficient (Wildman–Crippen LogP) is 12.7. The summed E-state index contributed by atoms with van der Waals surface area (Å²) in [5, 5.41) is 11.7. The van der Waals surface area contributed by atoms with Gasteiger partial charge in [0.25, 0.3) is 0 Å². The van der Waals surface area contributed by atoms with Gasteiger partial charge in [0.1, 0.15) is 11.2 Å². The molecule has 0 radical (unpaired) electrons. The summed E-state index contributed by atoms with van der Waals surface area (Å²) in [4.78, 5) is 16.7. The molecule has 0 saturated carbocycles. The first-order chi connectivity index (χ1) is 34.7. The molecule has 0 aliphatic heterocycles. The molecule has 4 aromatic heterocycles. The Morgan fingerprint density at radius 1 is 0.329 bits per heavy atom. The number of furan rings is 1. The molecule has 6 nitrogen and oxygen atoms in total. The second-order valence-corrected chi connectivity index (χ2v) is 21.7. The molecule has 70 heavy (non-hydrogen) atoms. The van der Waals surface area contributed by atoms with Crippen molar-refractivity contribution in [1.82, 2.24) is 24.1 Å². The minimum absolute atomic E-state index is 0.514. The van der Waals surface area contributed by atoms with E-state index in [-0.39, 0.29) is 0 Å². The average molecular weight is 912 g/mol. The van der Waals surface area contributed by atoms with Crippen LogP contribution in [0.4, 0.5) is 0 Å². The van der Waals surface area contributed by atoms with Gasteiger partial charge in [0.2, 0.25) is 11.9 Å². The van der Waals surface area contributed by atoms with Crippen LogP contribution in [0, 0.1) is 0 Å². The summed E-state index contributed by atoms with van der Waals surface area (Å²) < 4.78 is 11.2. The van der Waals surface area contributed by atoms with Crippen LogP contribution in [0.3, 0.4) is 0 Å². The molecule has 0 amide bonds. The summed E-state index contributed by atoms with van der Waals surface area (Å²) in [5.74, 6) is 1.62. The molecular formula is C63H41N5OSi. The van der Waals surface area contributed by atoms with Crippen molar-refractivity contribution in [2.24, 2.45) is 0 Å². The monoisotopic (exact) mass is 911 g/mol. The van der Waals surface area contributed by atoms with Gasteiger partial charge in [0.05, 0.1) is 22.1 Å². The third kappa shape index (κ3) is 6.02. The highest BCUT2D eigenvalue weighted by molar-refractivity contribution is 7.19. The summed E-state index contributed by atoms with van der Waals surface area (Å²) >= 11 is 0. The highest BCUT2D eigenvalue weighted by Gasteiger charge is 2.41. The number of rotatable bonds is 8. The van der Waals surface area contributed by atoms with Gasteiger partial charge in [0.15, 0.2) is 13.9 Å². The number of benzene rings is 10. The molecule has 0 unspecified atom stereocenters. The summed E-state index contributed by atoms with van der Waals surface area (Å²) in [7, 11) is -2.91. The van der Waals surface area contributed by atoms with Crippen molar-refractivity contribution in [3.8, 4) is 34.4 Å². The Bertz CT molecular complexity index is 4160. The third-order valence-corrected chi connectivity index (χ3v) is 18.9. The highest BCUT2D eigenvalue weighted by atomic mass is 28.3. The maximum atomic E-state index is 6.72. The minimum Gasteiger partial charge on any atom is -0.455 e. The Kier molecular flexibility index (Phi) is 9.12. The second kappa shape index (κ2) is 16.0. The zero-order chi connectivity index (χ0) is 46.2. The highest BCUT2D eigenvalue weighted by Crippen LogP contribution is 2.42. The van der Waals surface area contributed by atoms with Gasteiger partial charge in [-0.2, -0.15) is 15.0 Å². The summed E-state index contributed by atoms with van der Waals surface area (Å²) in [6.45, 7) is 0. The van der Waals surface area contributed by atoms with Crippen molar-refractivity contribution in [1.29, 1.82) is 0 Å². The van der Waals surface area contributed by atoms with E-state index < -0.39 is 8.07 Å². The molecule has 0 atom stereocenters. The van der Waals surface area contributed by atoms with Gasteiger partial charge in [-0.3, -0.25) is 9.13 Å². The molecule has 0 fully saturated rings. The lowest BCUT2D eigenvalue weighted by atomic mass is 9.99. The molecule has 14 aromatic rings. The zero-order valence-electron chi connectivity index (χ0n) is 37.8. The van der Waals surface area contributed by atoms with Gasteiger partial charge in [-0.05, 0) is 45.0 Å². The number of hydrogen-bond donors (Lipinski definition) is 0. The van der Waals surface area contributed by atoms with E-state index in [1.54, 1.807) is 0 Å². The molecule has 0 aliphatic rings. The molecule has 0 N–H and O–H groups in total. The molecule has 0 spiro atoms. The summed E-state index contributed by atoms with van der Waals surface area (Å²) in [6, 6.07) is 88.9. The second-order valence-electron chi connectivity index (χ2n) is 17.9. The van der Waals surface area contributed by atoms with Crippen LogP contribution in [0.15, 0.2) is 253 Å². The van der Waals surface area contributed by atoms with E-state index in [1.165, 1.54) is 20.7 Å². The Balaban J connectivity index is 1.08. The van der Waals surface area contributed by atoms with Crippen LogP contribution in [-0.4, -0.2) is 32.2 Å². The van der Waals surface area contributed by atoms with E-state index in [4.69, 9.17) is 19.4 Å². The topological polar surface area (TPSA) is 61.7 Å². The Hall–Kier alpha value is -9.17. The van der Waals surface area contributed by atoms with Gasteiger partial charge in [-0.25, -0.2) is 0 Å². The lowest BCUT2D eigenvalue weighted by Crippen LogP contribution is -2.74. The van der Waals surface area contributed by atoms with Gasteiger partial charge in [-0.15, -0.1) is 0 Å². The van der Waals surface area contributed by atoms with Gasteiger partial charge in [-0.1, -0.05) is 224 Å². The fraction of sp³-hybridized carbons (Fsp3) is 0. The van der Waals surface area contributed by atoms with Crippen molar-refractivity contribution in [2.45, 2.75) is 0 Å². The molecule has 0 bridgehead atoms. The molecule has 7 heteroatoms. The van der Waals surface area contributed by atoms with Crippen LogP contribution >= 0.6 is 0 Å². The maximum Gasteiger partial charge on any atom is 0.240 e. The molecule has 4 heterocycles. The molecule has 0 saturated heterocycles. The molecule has 14 rings (SSSR count). The van der Waals surface area contributed by atoms with E-state index in [1.807, 2.05) is 12.1 Å². The number of nitrogens with zero attached hydrogens (tertiary/aromatic N) is 5. The number of aromatic nitrogens is 5. The van der Waals surface area contributed by atoms with Crippen LogP contribution in [-0.2, 0) is 0 Å². The molecule has 0 aliphatic carbocycles. The lowest BCUT2D eigenvalue weighted by molar-refractivity contribution is 0.670. The van der Waals surface area contributed by atoms with Crippen molar-refractivity contribution in [3.63, 3.8) is 0 Å². The number of hydrogen-bond acceptors (Lipinski definition) is 4. The first-order valence-corrected chi connectivity index (χ1v) is 25.7. The first kappa shape index (κ1) is 39.9. The van der Waals surface area contributed by atoms with Crippen LogP contribution in [0.5, 0.6) is 0 Å². The Morgan fingerprint density at radius 2 is 0.771 bits per heavy atom. The van der Waals surface area contributed by atoms with Gasteiger partial charge in [0, 0.05) is 49.0 Å². The standard InChI is InChI=1S/C63H41N5OSi/c1-4-22-43(23-5-1)70(44-24-6-2-7-25-44,45-26-8-3-9-27-45)46-28-18-21-42(41-46)61-64-62(67-55-37-14-10-29-47(55)48-30-11-15-38-56(48)67)66-63(65-61)68-57-39-16-12-31-49(57)51-33-19-34-52(59(51)68)54-36-20-35-53-50-32-13-17-40-58(50)69-60(53)54/h1-41H. The number of fused-ring (bicyclic) bond motifs is 9. The average Bonchev–Trinajstić information content (AvgIpc) is 4.11. The molecular weight excluding hydrogens is 871 g/mol. The van der Waals surface area contributed by atoms with E-state index in [2.05, 4.69) is 246 Å². The predicted molar refractivity (Wildman–Crippen MR) is 290 cm³/mol. The summed E-state index contributed by atoms with van der Waals surface area (Å²) in [5.41, 5.74) is 8.63. The van der Waals surface area contributed by atoms with E-state index in [0.29, 0.717) is 17.7 Å².